The van der Waals surface area contributed by atoms with Crippen LogP contribution in [0.1, 0.15) is 11.1 Å². The number of hydrogen-bond donors (Lipinski definition) is 2. The largest absolute Gasteiger partial charge is 0.325 e. The third kappa shape index (κ3) is 4.11. The lowest BCUT2D eigenvalue weighted by Crippen LogP contribution is -2.21. The van der Waals surface area contributed by atoms with E-state index in [1.165, 1.54) is 0 Å². The number of halogens is 2. The third-order valence-corrected chi connectivity index (χ3v) is 5.82. The molecule has 3 rings (SSSR count). The molecule has 6 heteroatoms. The molecule has 2 N–H and O–H groups in total. The van der Waals surface area contributed by atoms with Crippen LogP contribution in [0.5, 0.6) is 0 Å². The molecular weight excluding hydrogens is 554 g/mol. The van der Waals surface area contributed by atoms with Crippen LogP contribution in [-0.2, 0) is 9.59 Å². The van der Waals surface area contributed by atoms with Gasteiger partial charge in [-0.2, -0.15) is 0 Å². The van der Waals surface area contributed by atoms with Crippen molar-refractivity contribution in [3.05, 3.63) is 66.8 Å². The average Bonchev–Trinajstić information content (AvgIpc) is 3.24. The number of aryl methyl sites for hydroxylation is 2. The highest BCUT2D eigenvalue weighted by molar-refractivity contribution is 14.1. The van der Waals surface area contributed by atoms with Crippen LogP contribution in [0.15, 0.2) is 48.6 Å². The molecule has 0 spiro atoms. The highest BCUT2D eigenvalue weighted by Gasteiger charge is 2.52. The van der Waals surface area contributed by atoms with E-state index in [1.54, 1.807) is 0 Å². The minimum Gasteiger partial charge on any atom is -0.325 e. The predicted molar refractivity (Wildman–Crippen MR) is 121 cm³/mol. The molecule has 2 atom stereocenters. The van der Waals surface area contributed by atoms with Crippen molar-refractivity contribution >= 4 is 68.4 Å². The molecular formula is C20H18I2N2O2. The number of carbonyl (C=O) groups excluding carboxylic acids is 2. The molecule has 0 heterocycles. The molecule has 0 saturated heterocycles. The lowest BCUT2D eigenvalue weighted by atomic mass is 10.2. The van der Waals surface area contributed by atoms with Crippen molar-refractivity contribution in [2.45, 2.75) is 13.8 Å². The smallest absolute Gasteiger partial charge is 0.232 e. The Labute approximate surface area is 180 Å². The second-order valence-electron chi connectivity index (χ2n) is 6.43. The first-order chi connectivity index (χ1) is 12.3. The summed E-state index contributed by atoms with van der Waals surface area (Å²) in [6, 6.07) is 11.6. The van der Waals surface area contributed by atoms with Gasteiger partial charge in [-0.15, -0.1) is 0 Å². The van der Waals surface area contributed by atoms with E-state index in [2.05, 4.69) is 62.4 Å². The summed E-state index contributed by atoms with van der Waals surface area (Å²) < 4.78 is 2.22. The molecule has 1 aliphatic rings. The van der Waals surface area contributed by atoms with E-state index in [-0.39, 0.29) is 11.8 Å². The molecule has 4 nitrogen and oxygen atoms in total. The second kappa shape index (κ2) is 7.67. The summed E-state index contributed by atoms with van der Waals surface area (Å²) in [5.41, 5.74) is 4.18. The van der Waals surface area contributed by atoms with E-state index in [9.17, 15) is 9.59 Å². The van der Waals surface area contributed by atoms with Gasteiger partial charge in [-0.3, -0.25) is 9.59 Å². The minimum atomic E-state index is -0.474. The Hall–Kier alpha value is -1.42. The Kier molecular flexibility index (Phi) is 5.71. The van der Waals surface area contributed by atoms with Gasteiger partial charge in [-0.1, -0.05) is 12.2 Å². The molecule has 1 saturated carbocycles. The van der Waals surface area contributed by atoms with E-state index >= 15 is 0 Å². The predicted octanol–water partition coefficient (Wildman–Crippen LogP) is 4.89. The van der Waals surface area contributed by atoms with Crippen molar-refractivity contribution in [1.82, 2.24) is 0 Å². The first-order valence-electron chi connectivity index (χ1n) is 8.10. The molecule has 0 aromatic heterocycles. The van der Waals surface area contributed by atoms with E-state index in [1.807, 2.05) is 50.2 Å². The summed E-state index contributed by atoms with van der Waals surface area (Å²) in [5, 5.41) is 5.83. The van der Waals surface area contributed by atoms with Crippen LogP contribution in [-0.4, -0.2) is 11.8 Å². The maximum Gasteiger partial charge on any atom is 0.232 e. The van der Waals surface area contributed by atoms with Crippen LogP contribution in [0, 0.1) is 32.8 Å². The van der Waals surface area contributed by atoms with Crippen LogP contribution in [0.3, 0.4) is 0 Å². The molecule has 0 bridgehead atoms. The Morgan fingerprint density at radius 3 is 1.58 bits per heavy atom. The van der Waals surface area contributed by atoms with Crippen LogP contribution < -0.4 is 10.6 Å². The van der Waals surface area contributed by atoms with Gasteiger partial charge in [-0.25, -0.2) is 0 Å². The van der Waals surface area contributed by atoms with E-state index in [4.69, 9.17) is 0 Å². The number of amides is 2. The van der Waals surface area contributed by atoms with Gasteiger partial charge in [0.05, 0.1) is 11.8 Å². The number of hydrogen-bond acceptors (Lipinski definition) is 2. The first-order valence-corrected chi connectivity index (χ1v) is 10.3. The molecule has 2 amide bonds. The number of benzene rings is 2. The van der Waals surface area contributed by atoms with Crippen molar-refractivity contribution in [2.75, 3.05) is 10.6 Å². The number of anilines is 2. The minimum absolute atomic E-state index is 0.182. The van der Waals surface area contributed by atoms with Crippen molar-refractivity contribution in [3.8, 4) is 0 Å². The Morgan fingerprint density at radius 2 is 1.23 bits per heavy atom. The number of carbonyl (C=O) groups is 2. The topological polar surface area (TPSA) is 58.2 Å². The van der Waals surface area contributed by atoms with Crippen LogP contribution in [0.2, 0.25) is 0 Å². The van der Waals surface area contributed by atoms with Crippen LogP contribution in [0.25, 0.3) is 0 Å². The lowest BCUT2D eigenvalue weighted by molar-refractivity contribution is -0.122. The highest BCUT2D eigenvalue weighted by atomic mass is 127. The van der Waals surface area contributed by atoms with Gasteiger partial charge in [-0.05, 0) is 107 Å². The fraction of sp³-hybridized carbons (Fsp3) is 0.200. The second-order valence-corrected chi connectivity index (χ2v) is 8.92. The highest BCUT2D eigenvalue weighted by Crippen LogP contribution is 2.46. The molecule has 0 unspecified atom stereocenters. The van der Waals surface area contributed by atoms with Gasteiger partial charge in [0.1, 0.15) is 0 Å². The molecule has 26 heavy (non-hydrogen) atoms. The van der Waals surface area contributed by atoms with Gasteiger partial charge in [0, 0.05) is 18.5 Å². The standard InChI is InChI=1S/C20H18I2N2O2/c1-10-8-13(21)4-6-15(10)23-19(25)17-12(3)18(17)20(26)24-16-7-5-14(22)9-11(16)2/h4-9,17-18H,3H2,1-2H3,(H,23,25)(H,24,26)/t17-,18-/m1/s1. The molecule has 134 valence electrons. The zero-order chi connectivity index (χ0) is 19.0. The zero-order valence-electron chi connectivity index (χ0n) is 14.4. The summed E-state index contributed by atoms with van der Waals surface area (Å²) in [6.45, 7) is 7.80. The molecule has 2 aromatic rings. The van der Waals surface area contributed by atoms with Crippen molar-refractivity contribution in [2.24, 2.45) is 11.8 Å². The molecule has 1 fully saturated rings. The van der Waals surface area contributed by atoms with Crippen molar-refractivity contribution in [1.29, 1.82) is 0 Å². The van der Waals surface area contributed by atoms with Gasteiger partial charge in [0.25, 0.3) is 0 Å². The Morgan fingerprint density at radius 1 is 0.846 bits per heavy atom. The number of rotatable bonds is 4. The van der Waals surface area contributed by atoms with Gasteiger partial charge >= 0.3 is 0 Å². The van der Waals surface area contributed by atoms with E-state index in [0.29, 0.717) is 5.57 Å². The maximum absolute atomic E-state index is 12.5. The summed E-state index contributed by atoms with van der Waals surface area (Å²) in [6.07, 6.45) is 0. The summed E-state index contributed by atoms with van der Waals surface area (Å²) in [7, 11) is 0. The molecule has 0 radical (unpaired) electrons. The average molecular weight is 572 g/mol. The third-order valence-electron chi connectivity index (χ3n) is 4.48. The zero-order valence-corrected chi connectivity index (χ0v) is 18.7. The van der Waals surface area contributed by atoms with Gasteiger partial charge in [0.15, 0.2) is 0 Å². The number of nitrogens with one attached hydrogen (secondary N) is 2. The Balaban J connectivity index is 1.66. The Bertz CT molecular complexity index is 851. The fourth-order valence-corrected chi connectivity index (χ4v) is 4.20. The van der Waals surface area contributed by atoms with E-state index in [0.717, 1.165) is 29.6 Å². The monoisotopic (exact) mass is 572 g/mol. The lowest BCUT2D eigenvalue weighted by Gasteiger charge is -2.10. The van der Waals surface area contributed by atoms with Crippen LogP contribution >= 0.6 is 45.2 Å². The molecule has 0 aliphatic heterocycles. The molecule has 2 aromatic carbocycles. The van der Waals surface area contributed by atoms with Gasteiger partial charge in [0.2, 0.25) is 11.8 Å². The maximum atomic E-state index is 12.5. The van der Waals surface area contributed by atoms with Crippen LogP contribution in [0.4, 0.5) is 11.4 Å². The summed E-state index contributed by atoms with van der Waals surface area (Å²) in [5.74, 6) is -1.31. The quantitative estimate of drug-likeness (QED) is 0.405. The van der Waals surface area contributed by atoms with Crippen molar-refractivity contribution in [3.63, 3.8) is 0 Å². The normalized spacial score (nSPS) is 18.4. The van der Waals surface area contributed by atoms with Gasteiger partial charge < -0.3 is 10.6 Å². The SMILES string of the molecule is C=C1[C@@H](C(=O)Nc2ccc(I)cc2C)[C@@H]1C(=O)Nc1ccc(I)cc1C. The first kappa shape index (κ1) is 19.3. The summed E-state index contributed by atoms with van der Waals surface area (Å²) >= 11 is 4.46. The molecule has 1 aliphatic carbocycles. The van der Waals surface area contributed by atoms with Crippen molar-refractivity contribution < 1.29 is 9.59 Å². The van der Waals surface area contributed by atoms with E-state index < -0.39 is 11.8 Å². The fourth-order valence-electron chi connectivity index (χ4n) is 2.91. The summed E-state index contributed by atoms with van der Waals surface area (Å²) in [4.78, 5) is 25.1.